The topological polar surface area (TPSA) is 84.9 Å². The Bertz CT molecular complexity index is 1350. The number of aryl methyl sites for hydroxylation is 1. The van der Waals surface area contributed by atoms with Crippen molar-refractivity contribution in [3.05, 3.63) is 94.0 Å². The molecule has 0 bridgehead atoms. The number of hydrogen-bond acceptors (Lipinski definition) is 5. The molecule has 3 aromatic carbocycles. The zero-order valence-electron chi connectivity index (χ0n) is 20.6. The molecule has 0 unspecified atom stereocenters. The van der Waals surface area contributed by atoms with Crippen molar-refractivity contribution in [1.82, 2.24) is 5.32 Å². The maximum absolute atomic E-state index is 13.2. The number of hydrogen-bond donors (Lipinski definition) is 1. The maximum Gasteiger partial charge on any atom is 0.335 e. The van der Waals surface area contributed by atoms with E-state index in [9.17, 15) is 14.4 Å². The van der Waals surface area contributed by atoms with Crippen LogP contribution in [0.25, 0.3) is 6.08 Å². The van der Waals surface area contributed by atoms with Crippen LogP contribution in [0.4, 0.5) is 10.5 Å². The lowest BCUT2D eigenvalue weighted by Gasteiger charge is -2.26. The zero-order chi connectivity index (χ0) is 26.4. The number of nitrogens with one attached hydrogen (secondary N) is 1. The molecule has 1 aliphatic heterocycles. The Morgan fingerprint density at radius 2 is 1.76 bits per heavy atom. The van der Waals surface area contributed by atoms with Gasteiger partial charge in [0.1, 0.15) is 23.7 Å². The lowest BCUT2D eigenvalue weighted by Crippen LogP contribution is -2.54. The van der Waals surface area contributed by atoms with Gasteiger partial charge < -0.3 is 9.47 Å². The second-order valence-corrected chi connectivity index (χ2v) is 9.03. The van der Waals surface area contributed by atoms with Crippen molar-refractivity contribution in [3.8, 4) is 11.5 Å². The number of urea groups is 1. The number of amides is 4. The van der Waals surface area contributed by atoms with Crippen molar-refractivity contribution in [1.29, 1.82) is 0 Å². The Morgan fingerprint density at radius 3 is 2.46 bits per heavy atom. The first-order valence-corrected chi connectivity index (χ1v) is 12.4. The van der Waals surface area contributed by atoms with Crippen molar-refractivity contribution < 1.29 is 23.9 Å². The number of unbranched alkanes of at least 4 members (excludes halogenated alkanes) is 1. The standard InChI is InChI=1S/C29H27ClN2O5/c1-3-4-14-36-23-11-9-22(10-12-23)32-28(34)24(27(33)31-29(32)35)16-20-8-13-26(25(30)17-20)37-18-21-7-5-6-19(2)15-21/h5-13,15-17H,3-4,14,18H2,1-2H3,(H,31,33,35)/b24-16-. The van der Waals surface area contributed by atoms with E-state index in [0.29, 0.717) is 41.0 Å². The van der Waals surface area contributed by atoms with Crippen LogP contribution in [0.3, 0.4) is 0 Å². The van der Waals surface area contributed by atoms with Gasteiger partial charge in [0, 0.05) is 0 Å². The van der Waals surface area contributed by atoms with Crippen LogP contribution in [-0.2, 0) is 16.2 Å². The van der Waals surface area contributed by atoms with Crippen LogP contribution in [0.1, 0.15) is 36.5 Å². The number of barbiturate groups is 1. The van der Waals surface area contributed by atoms with Crippen molar-refractivity contribution >= 4 is 41.2 Å². The van der Waals surface area contributed by atoms with Gasteiger partial charge in [0.05, 0.1) is 17.3 Å². The first kappa shape index (κ1) is 26.0. The van der Waals surface area contributed by atoms with E-state index in [1.807, 2.05) is 31.2 Å². The summed E-state index contributed by atoms with van der Waals surface area (Å²) >= 11 is 6.41. The number of carbonyl (C=O) groups is 3. The third-order valence-electron chi connectivity index (χ3n) is 5.71. The number of ether oxygens (including phenoxy) is 2. The third kappa shape index (κ3) is 6.37. The van der Waals surface area contributed by atoms with E-state index in [1.54, 1.807) is 42.5 Å². The van der Waals surface area contributed by atoms with Crippen molar-refractivity contribution in [2.24, 2.45) is 0 Å². The second kappa shape index (κ2) is 11.8. The molecule has 1 fully saturated rings. The molecule has 0 saturated carbocycles. The van der Waals surface area contributed by atoms with Gasteiger partial charge in [0.15, 0.2) is 0 Å². The summed E-state index contributed by atoms with van der Waals surface area (Å²) in [5, 5.41) is 2.55. The molecule has 8 heteroatoms. The fourth-order valence-electron chi connectivity index (χ4n) is 3.77. The summed E-state index contributed by atoms with van der Waals surface area (Å²) in [6, 6.07) is 18.7. The van der Waals surface area contributed by atoms with Crippen molar-refractivity contribution in [2.45, 2.75) is 33.3 Å². The summed E-state index contributed by atoms with van der Waals surface area (Å²) in [4.78, 5) is 39.1. The first-order valence-electron chi connectivity index (χ1n) is 12.0. The van der Waals surface area contributed by atoms with E-state index in [-0.39, 0.29) is 5.57 Å². The molecular weight excluding hydrogens is 492 g/mol. The number of anilines is 1. The molecule has 3 aromatic rings. The quantitative estimate of drug-likeness (QED) is 0.211. The van der Waals surface area contributed by atoms with Crippen LogP contribution in [-0.4, -0.2) is 24.5 Å². The Labute approximate surface area is 220 Å². The Hall–Kier alpha value is -4.10. The van der Waals surface area contributed by atoms with Crippen molar-refractivity contribution in [2.75, 3.05) is 11.5 Å². The largest absolute Gasteiger partial charge is 0.494 e. The van der Waals surface area contributed by atoms with E-state index in [2.05, 4.69) is 12.2 Å². The van der Waals surface area contributed by atoms with E-state index in [4.69, 9.17) is 21.1 Å². The van der Waals surface area contributed by atoms with Crippen molar-refractivity contribution in [3.63, 3.8) is 0 Å². The highest BCUT2D eigenvalue weighted by Crippen LogP contribution is 2.29. The number of carbonyl (C=O) groups excluding carboxylic acids is 3. The highest BCUT2D eigenvalue weighted by atomic mass is 35.5. The molecule has 190 valence electrons. The van der Waals surface area contributed by atoms with Crippen LogP contribution >= 0.6 is 11.6 Å². The molecule has 1 saturated heterocycles. The molecule has 1 N–H and O–H groups in total. The Balaban J connectivity index is 1.50. The summed E-state index contributed by atoms with van der Waals surface area (Å²) in [6.45, 7) is 5.01. The van der Waals surface area contributed by atoms with Crippen LogP contribution in [0, 0.1) is 6.92 Å². The molecule has 7 nitrogen and oxygen atoms in total. The molecular formula is C29H27ClN2O5. The Kier molecular flexibility index (Phi) is 8.25. The van der Waals surface area contributed by atoms with Crippen LogP contribution < -0.4 is 19.7 Å². The van der Waals surface area contributed by atoms with E-state index >= 15 is 0 Å². The maximum atomic E-state index is 13.2. The van der Waals surface area contributed by atoms with Gasteiger partial charge in [-0.25, -0.2) is 9.69 Å². The summed E-state index contributed by atoms with van der Waals surface area (Å²) in [6.07, 6.45) is 3.34. The van der Waals surface area contributed by atoms with Gasteiger partial charge in [0.25, 0.3) is 11.8 Å². The minimum atomic E-state index is -0.815. The summed E-state index contributed by atoms with van der Waals surface area (Å²) in [5.41, 5.74) is 2.79. The number of halogens is 1. The van der Waals surface area contributed by atoms with E-state index < -0.39 is 17.8 Å². The van der Waals surface area contributed by atoms with Gasteiger partial charge in [-0.15, -0.1) is 0 Å². The number of nitrogens with zero attached hydrogens (tertiary/aromatic N) is 1. The SMILES string of the molecule is CCCCOc1ccc(N2C(=O)NC(=O)/C(=C/c3ccc(OCc4cccc(C)c4)c(Cl)c3)C2=O)cc1. The normalized spacial score (nSPS) is 14.6. The van der Waals surface area contributed by atoms with Gasteiger partial charge in [-0.05, 0) is 66.9 Å². The molecule has 37 heavy (non-hydrogen) atoms. The molecule has 0 spiro atoms. The van der Waals surface area contributed by atoms with Gasteiger partial charge in [-0.2, -0.15) is 0 Å². The Morgan fingerprint density at radius 1 is 0.973 bits per heavy atom. The van der Waals surface area contributed by atoms with Crippen LogP contribution in [0.5, 0.6) is 11.5 Å². The van der Waals surface area contributed by atoms with Gasteiger partial charge in [0.2, 0.25) is 0 Å². The fraction of sp³-hybridized carbons (Fsp3) is 0.207. The third-order valence-corrected chi connectivity index (χ3v) is 6.00. The highest BCUT2D eigenvalue weighted by Gasteiger charge is 2.36. The predicted molar refractivity (Wildman–Crippen MR) is 143 cm³/mol. The second-order valence-electron chi connectivity index (χ2n) is 8.62. The minimum Gasteiger partial charge on any atom is -0.494 e. The molecule has 1 aliphatic rings. The lowest BCUT2D eigenvalue weighted by atomic mass is 10.1. The highest BCUT2D eigenvalue weighted by molar-refractivity contribution is 6.39. The number of benzene rings is 3. The number of rotatable bonds is 9. The molecule has 4 rings (SSSR count). The van der Waals surface area contributed by atoms with E-state index in [0.717, 1.165) is 28.9 Å². The molecule has 0 radical (unpaired) electrons. The average molecular weight is 519 g/mol. The molecule has 0 aromatic heterocycles. The zero-order valence-corrected chi connectivity index (χ0v) is 21.4. The van der Waals surface area contributed by atoms with E-state index in [1.165, 1.54) is 6.08 Å². The predicted octanol–water partition coefficient (Wildman–Crippen LogP) is 6.07. The monoisotopic (exact) mass is 518 g/mol. The first-order chi connectivity index (χ1) is 17.9. The molecule has 0 aliphatic carbocycles. The summed E-state index contributed by atoms with van der Waals surface area (Å²) < 4.78 is 11.5. The smallest absolute Gasteiger partial charge is 0.335 e. The molecule has 1 heterocycles. The lowest BCUT2D eigenvalue weighted by molar-refractivity contribution is -0.122. The average Bonchev–Trinajstić information content (AvgIpc) is 2.87. The minimum absolute atomic E-state index is 0.188. The van der Waals surface area contributed by atoms with Gasteiger partial charge in [-0.1, -0.05) is 60.8 Å². The summed E-state index contributed by atoms with van der Waals surface area (Å²) in [7, 11) is 0. The van der Waals surface area contributed by atoms with Crippen LogP contribution in [0.15, 0.2) is 72.3 Å². The molecule has 4 amide bonds. The van der Waals surface area contributed by atoms with Gasteiger partial charge in [-0.3, -0.25) is 14.9 Å². The van der Waals surface area contributed by atoms with Gasteiger partial charge >= 0.3 is 6.03 Å². The fourth-order valence-corrected chi connectivity index (χ4v) is 4.01. The molecule has 0 atom stereocenters. The number of imide groups is 2. The van der Waals surface area contributed by atoms with Crippen LogP contribution in [0.2, 0.25) is 5.02 Å². The summed E-state index contributed by atoms with van der Waals surface area (Å²) in [5.74, 6) is -0.401.